The van der Waals surface area contributed by atoms with Crippen LogP contribution in [0.25, 0.3) is 0 Å². The summed E-state index contributed by atoms with van der Waals surface area (Å²) in [6.45, 7) is -0.487. The Hall–Kier alpha value is -2.57. The molecule has 7 heteroatoms. The largest absolute Gasteiger partial charge is 0.452 e. The second-order valence-corrected chi connectivity index (χ2v) is 9.22. The summed E-state index contributed by atoms with van der Waals surface area (Å²) in [5, 5.41) is 5.39. The Balaban J connectivity index is 1.26. The number of nitrogens with zero attached hydrogens (tertiary/aromatic N) is 1. The molecule has 29 heavy (non-hydrogen) atoms. The Labute approximate surface area is 171 Å². The van der Waals surface area contributed by atoms with Crippen molar-refractivity contribution < 1.29 is 19.1 Å². The number of hydrogen-bond acceptors (Lipinski definition) is 5. The highest BCUT2D eigenvalue weighted by molar-refractivity contribution is 5.97. The predicted molar refractivity (Wildman–Crippen MR) is 109 cm³/mol. The van der Waals surface area contributed by atoms with Gasteiger partial charge in [0.2, 0.25) is 0 Å². The molecule has 4 bridgehead atoms. The first-order chi connectivity index (χ1) is 13.8. The van der Waals surface area contributed by atoms with Crippen molar-refractivity contribution in [2.75, 3.05) is 25.6 Å². The van der Waals surface area contributed by atoms with Gasteiger partial charge in [-0.25, -0.2) is 9.59 Å². The van der Waals surface area contributed by atoms with E-state index in [2.05, 4.69) is 10.6 Å². The third kappa shape index (κ3) is 4.38. The normalized spacial score (nSPS) is 29.2. The van der Waals surface area contributed by atoms with Crippen LogP contribution in [0.1, 0.15) is 48.9 Å². The smallest absolute Gasteiger partial charge is 0.338 e. The maximum atomic E-state index is 12.4. The van der Waals surface area contributed by atoms with Gasteiger partial charge in [-0.15, -0.1) is 0 Å². The summed E-state index contributed by atoms with van der Waals surface area (Å²) < 4.78 is 5.07. The summed E-state index contributed by atoms with van der Waals surface area (Å²) in [5.41, 5.74) is 1.06. The van der Waals surface area contributed by atoms with Gasteiger partial charge < -0.3 is 15.0 Å². The van der Waals surface area contributed by atoms with Gasteiger partial charge in [-0.05, 0) is 74.5 Å². The summed E-state index contributed by atoms with van der Waals surface area (Å²) in [7, 11) is 3.75. The van der Waals surface area contributed by atoms with Gasteiger partial charge in [-0.1, -0.05) is 6.07 Å². The SMILES string of the molecule is CN(C)c1cccc(C(=O)OCC(=O)NC(=O)NC23CC4CC(CC(C4)C2)C3)c1. The number of hydrogen-bond donors (Lipinski definition) is 2. The number of urea groups is 1. The van der Waals surface area contributed by atoms with Gasteiger partial charge in [0.25, 0.3) is 5.91 Å². The van der Waals surface area contributed by atoms with Crippen LogP contribution in [0.3, 0.4) is 0 Å². The molecule has 4 aliphatic carbocycles. The van der Waals surface area contributed by atoms with Gasteiger partial charge in [-0.3, -0.25) is 10.1 Å². The molecule has 3 amide bonds. The van der Waals surface area contributed by atoms with E-state index < -0.39 is 24.5 Å². The van der Waals surface area contributed by atoms with Crippen molar-refractivity contribution in [2.45, 2.75) is 44.1 Å². The first-order valence-corrected chi connectivity index (χ1v) is 10.4. The number of carbonyl (C=O) groups excluding carboxylic acids is 3. The van der Waals surface area contributed by atoms with Crippen molar-refractivity contribution in [3.63, 3.8) is 0 Å². The lowest BCUT2D eigenvalue weighted by molar-refractivity contribution is -0.123. The summed E-state index contributed by atoms with van der Waals surface area (Å²) in [5.74, 6) is 0.901. The fourth-order valence-corrected chi connectivity index (χ4v) is 5.82. The van der Waals surface area contributed by atoms with Crippen molar-refractivity contribution >= 4 is 23.6 Å². The highest BCUT2D eigenvalue weighted by atomic mass is 16.5. The third-order valence-corrected chi connectivity index (χ3v) is 6.60. The molecule has 1 aromatic rings. The Kier molecular flexibility index (Phi) is 5.23. The molecule has 4 aliphatic rings. The quantitative estimate of drug-likeness (QED) is 0.744. The van der Waals surface area contributed by atoms with Gasteiger partial charge in [0.05, 0.1) is 5.56 Å². The topological polar surface area (TPSA) is 87.7 Å². The number of rotatable bonds is 5. The van der Waals surface area contributed by atoms with E-state index in [-0.39, 0.29) is 5.54 Å². The monoisotopic (exact) mass is 399 g/mol. The first-order valence-electron chi connectivity index (χ1n) is 10.4. The van der Waals surface area contributed by atoms with Gasteiger partial charge in [0.15, 0.2) is 6.61 Å². The van der Waals surface area contributed by atoms with Gasteiger partial charge in [0.1, 0.15) is 0 Å². The third-order valence-electron chi connectivity index (χ3n) is 6.60. The number of esters is 1. The fourth-order valence-electron chi connectivity index (χ4n) is 5.82. The molecule has 1 aromatic carbocycles. The maximum Gasteiger partial charge on any atom is 0.338 e. The van der Waals surface area contributed by atoms with Crippen LogP contribution in [-0.4, -0.2) is 44.1 Å². The molecule has 0 heterocycles. The molecule has 0 atom stereocenters. The molecule has 0 radical (unpaired) electrons. The van der Waals surface area contributed by atoms with E-state index in [0.29, 0.717) is 23.3 Å². The van der Waals surface area contributed by atoms with Crippen molar-refractivity contribution in [2.24, 2.45) is 17.8 Å². The van der Waals surface area contributed by atoms with E-state index in [4.69, 9.17) is 4.74 Å². The molecule has 0 unspecified atom stereocenters. The average Bonchev–Trinajstić information content (AvgIpc) is 2.64. The highest BCUT2D eigenvalue weighted by Crippen LogP contribution is 2.55. The van der Waals surface area contributed by atoms with Crippen molar-refractivity contribution in [1.82, 2.24) is 10.6 Å². The molecular formula is C22H29N3O4. The summed E-state index contributed by atoms with van der Waals surface area (Å²) >= 11 is 0. The van der Waals surface area contributed by atoms with Crippen LogP contribution in [0.5, 0.6) is 0 Å². The van der Waals surface area contributed by atoms with E-state index in [1.807, 2.05) is 25.1 Å². The summed E-state index contributed by atoms with van der Waals surface area (Å²) in [6.07, 6.45) is 6.89. The molecule has 7 nitrogen and oxygen atoms in total. The minimum Gasteiger partial charge on any atom is -0.452 e. The van der Waals surface area contributed by atoms with Gasteiger partial charge in [0, 0.05) is 25.3 Å². The minimum absolute atomic E-state index is 0.164. The summed E-state index contributed by atoms with van der Waals surface area (Å²) in [6, 6.07) is 6.47. The van der Waals surface area contributed by atoms with Crippen LogP contribution < -0.4 is 15.5 Å². The van der Waals surface area contributed by atoms with Crippen molar-refractivity contribution in [3.05, 3.63) is 29.8 Å². The Morgan fingerprint density at radius 2 is 1.69 bits per heavy atom. The predicted octanol–water partition coefficient (Wildman–Crippen LogP) is 2.70. The number of amides is 3. The zero-order valence-corrected chi connectivity index (χ0v) is 17.1. The zero-order valence-electron chi connectivity index (χ0n) is 17.1. The molecule has 0 spiro atoms. The number of benzene rings is 1. The highest BCUT2D eigenvalue weighted by Gasteiger charge is 2.51. The number of nitrogens with one attached hydrogen (secondary N) is 2. The number of ether oxygens (including phenoxy) is 1. The summed E-state index contributed by atoms with van der Waals surface area (Å²) in [4.78, 5) is 38.5. The van der Waals surface area contributed by atoms with Crippen LogP contribution >= 0.6 is 0 Å². The lowest BCUT2D eigenvalue weighted by Gasteiger charge is -2.56. The molecule has 4 saturated carbocycles. The van der Waals surface area contributed by atoms with Crippen LogP contribution in [0.2, 0.25) is 0 Å². The molecule has 0 aromatic heterocycles. The second-order valence-electron chi connectivity index (χ2n) is 9.22. The van der Waals surface area contributed by atoms with Crippen LogP contribution in [0, 0.1) is 17.8 Å². The second kappa shape index (κ2) is 7.69. The lowest BCUT2D eigenvalue weighted by atomic mass is 9.53. The molecule has 0 saturated heterocycles. The van der Waals surface area contributed by atoms with Crippen molar-refractivity contribution in [3.8, 4) is 0 Å². The molecule has 4 fully saturated rings. The van der Waals surface area contributed by atoms with Crippen molar-refractivity contribution in [1.29, 1.82) is 0 Å². The van der Waals surface area contributed by atoms with Crippen LogP contribution in [-0.2, 0) is 9.53 Å². The van der Waals surface area contributed by atoms with Gasteiger partial charge in [-0.2, -0.15) is 0 Å². The Morgan fingerprint density at radius 1 is 1.07 bits per heavy atom. The molecular weight excluding hydrogens is 370 g/mol. The number of imide groups is 1. The van der Waals surface area contributed by atoms with E-state index in [0.717, 1.165) is 24.9 Å². The molecule has 156 valence electrons. The Bertz CT molecular complexity index is 785. The standard InChI is InChI=1S/C22H29N3O4/c1-25(2)18-5-3-4-17(9-18)20(27)29-13-19(26)23-21(28)24-22-10-14-6-15(11-22)8-16(7-14)12-22/h3-5,9,14-16H,6-8,10-13H2,1-2H3,(H2,23,24,26,28). The number of carbonyl (C=O) groups is 3. The van der Waals surface area contributed by atoms with E-state index in [1.165, 1.54) is 19.3 Å². The minimum atomic E-state index is -0.621. The molecule has 2 N–H and O–H groups in total. The Morgan fingerprint density at radius 3 is 2.28 bits per heavy atom. The zero-order chi connectivity index (χ0) is 20.6. The van der Waals surface area contributed by atoms with Crippen LogP contribution in [0.4, 0.5) is 10.5 Å². The van der Waals surface area contributed by atoms with Crippen LogP contribution in [0.15, 0.2) is 24.3 Å². The van der Waals surface area contributed by atoms with Gasteiger partial charge >= 0.3 is 12.0 Å². The first kappa shape index (κ1) is 19.7. The average molecular weight is 399 g/mol. The van der Waals surface area contributed by atoms with E-state index in [1.54, 1.807) is 18.2 Å². The molecule has 5 rings (SSSR count). The lowest BCUT2D eigenvalue weighted by Crippen LogP contribution is -2.62. The maximum absolute atomic E-state index is 12.4. The fraction of sp³-hybridized carbons (Fsp3) is 0.591. The van der Waals surface area contributed by atoms with E-state index >= 15 is 0 Å². The number of anilines is 1. The van der Waals surface area contributed by atoms with E-state index in [9.17, 15) is 14.4 Å². The molecule has 0 aliphatic heterocycles.